The number of nitroso groups, excluding NO2 is 2. The summed E-state index contributed by atoms with van der Waals surface area (Å²) >= 11 is 0. The van der Waals surface area contributed by atoms with Crippen LogP contribution in [0.4, 0.5) is 11.6 Å². The van der Waals surface area contributed by atoms with Crippen molar-refractivity contribution in [3.63, 3.8) is 0 Å². The van der Waals surface area contributed by atoms with Crippen LogP contribution in [-0.4, -0.2) is 85.1 Å². The van der Waals surface area contributed by atoms with Gasteiger partial charge in [-0.2, -0.15) is 20.3 Å². The monoisotopic (exact) mass is 711 g/mol. The summed E-state index contributed by atoms with van der Waals surface area (Å²) in [5.74, 6) is -2.22. The molecule has 3 atom stereocenters. The maximum Gasteiger partial charge on any atom is 0.303 e. The summed E-state index contributed by atoms with van der Waals surface area (Å²) in [7, 11) is 0. The highest BCUT2D eigenvalue weighted by molar-refractivity contribution is 5.98. The predicted molar refractivity (Wildman–Crippen MR) is 189 cm³/mol. The molecule has 0 aliphatic heterocycles. The number of nitrogens with one attached hydrogen (secondary N) is 5. The molecule has 8 N–H and O–H groups in total. The van der Waals surface area contributed by atoms with Gasteiger partial charge in [0.1, 0.15) is 12.1 Å². The van der Waals surface area contributed by atoms with E-state index in [4.69, 9.17) is 10.6 Å². The van der Waals surface area contributed by atoms with E-state index in [9.17, 15) is 34.1 Å². The highest BCUT2D eigenvalue weighted by atomic mass is 16.6. The van der Waals surface area contributed by atoms with Gasteiger partial charge in [-0.1, -0.05) is 10.4 Å². The van der Waals surface area contributed by atoms with E-state index in [2.05, 4.69) is 51.7 Å². The van der Waals surface area contributed by atoms with Gasteiger partial charge in [0.05, 0.1) is 36.6 Å². The Morgan fingerprint density at radius 1 is 1.02 bits per heavy atom. The Hall–Kier alpha value is -5.27. The van der Waals surface area contributed by atoms with Crippen LogP contribution < -0.4 is 32.7 Å². The molecule has 1 aromatic carbocycles. The number of ketones is 1. The van der Waals surface area contributed by atoms with Crippen LogP contribution in [0.5, 0.6) is 0 Å². The van der Waals surface area contributed by atoms with Gasteiger partial charge in [0, 0.05) is 36.2 Å². The first-order chi connectivity index (χ1) is 24.1. The number of amides is 1. The zero-order valence-corrected chi connectivity index (χ0v) is 29.2. The van der Waals surface area contributed by atoms with Gasteiger partial charge < -0.3 is 26.8 Å². The number of nitrogen functional groups attached to an aromatic ring is 1. The van der Waals surface area contributed by atoms with Gasteiger partial charge in [-0.3, -0.25) is 29.0 Å². The summed E-state index contributed by atoms with van der Waals surface area (Å²) in [6, 6.07) is 3.84. The number of benzene rings is 1. The number of fused-ring (bicyclic) bond motifs is 1. The Morgan fingerprint density at radius 3 is 2.37 bits per heavy atom. The van der Waals surface area contributed by atoms with Crippen molar-refractivity contribution in [2.45, 2.75) is 96.1 Å². The molecule has 3 rings (SSSR count). The molecule has 0 aliphatic rings. The minimum absolute atomic E-state index is 0.0422. The number of H-pyrrole nitrogens is 1. The number of Topliss-reactive ketones (excluding diaryl/α,β-unsaturated/α-hetero) is 1. The van der Waals surface area contributed by atoms with E-state index in [1.807, 2.05) is 0 Å². The summed E-state index contributed by atoms with van der Waals surface area (Å²) < 4.78 is 0. The molecule has 0 aliphatic carbocycles. The standard InChI is InChI=1S/C32H45N11O8/c1-18(41-49)31(2,3)43-51-15-14-36-32(4,5)24(42-50)12-11-23(44)22(10-13-25(45)46)38-28(47)19-6-8-20(9-7-19)34-16-21-17-35-27-26(37-21)29(48)40-30(33)39-27/h6-9,17-18,22,24,34,36,43H,10-16H2,1-5H3,(H,38,47)(H,45,46)(H3,33,35,39,40,48)/t18?,22-,24?/m0/s1. The lowest BCUT2D eigenvalue weighted by atomic mass is 9.89. The Morgan fingerprint density at radius 2 is 1.73 bits per heavy atom. The van der Waals surface area contributed by atoms with E-state index in [-0.39, 0.29) is 61.5 Å². The molecule has 0 radical (unpaired) electrons. The predicted octanol–water partition coefficient (Wildman–Crippen LogP) is 2.18. The zero-order valence-electron chi connectivity index (χ0n) is 29.2. The minimum Gasteiger partial charge on any atom is -0.481 e. The number of hydrogen-bond donors (Lipinski definition) is 7. The molecule has 2 heterocycles. The Balaban J connectivity index is 1.55. The Bertz CT molecular complexity index is 1750. The fraction of sp³-hybridized carbons (Fsp3) is 0.531. The lowest BCUT2D eigenvalue weighted by Crippen LogP contribution is -2.51. The van der Waals surface area contributed by atoms with Crippen LogP contribution in [0.25, 0.3) is 11.2 Å². The van der Waals surface area contributed by atoms with Crippen molar-refractivity contribution in [3.8, 4) is 0 Å². The second-order valence-electron chi connectivity index (χ2n) is 13.1. The largest absolute Gasteiger partial charge is 0.481 e. The third-order valence-corrected chi connectivity index (χ3v) is 8.39. The van der Waals surface area contributed by atoms with Crippen molar-refractivity contribution in [1.82, 2.24) is 36.0 Å². The summed E-state index contributed by atoms with van der Waals surface area (Å²) in [6.45, 7) is 9.43. The maximum atomic E-state index is 13.3. The lowest BCUT2D eigenvalue weighted by molar-refractivity contribution is -0.137. The van der Waals surface area contributed by atoms with Gasteiger partial charge in [-0.15, -0.1) is 0 Å². The fourth-order valence-corrected chi connectivity index (χ4v) is 4.81. The minimum atomic E-state index is -1.13. The molecule has 2 unspecified atom stereocenters. The Kier molecular flexibility index (Phi) is 14.3. The molecule has 0 saturated carbocycles. The third kappa shape index (κ3) is 11.9. The molecule has 0 bridgehead atoms. The summed E-state index contributed by atoms with van der Waals surface area (Å²) in [4.78, 5) is 92.6. The zero-order chi connectivity index (χ0) is 37.8. The maximum absolute atomic E-state index is 13.3. The van der Waals surface area contributed by atoms with E-state index >= 15 is 0 Å². The molecule has 1 amide bonds. The number of rotatable bonds is 22. The van der Waals surface area contributed by atoms with Gasteiger partial charge in [0.2, 0.25) is 5.95 Å². The fourth-order valence-electron chi connectivity index (χ4n) is 4.81. The highest BCUT2D eigenvalue weighted by Crippen LogP contribution is 2.20. The number of hydroxylamine groups is 1. The van der Waals surface area contributed by atoms with E-state index in [1.54, 1.807) is 46.8 Å². The number of carbonyl (C=O) groups excluding carboxylic acids is 2. The average Bonchev–Trinajstić information content (AvgIpc) is 3.08. The normalized spacial score (nSPS) is 13.6. The molecular formula is C32H45N11O8. The third-order valence-electron chi connectivity index (χ3n) is 8.39. The first-order valence-corrected chi connectivity index (χ1v) is 16.3. The second kappa shape index (κ2) is 18.1. The summed E-state index contributed by atoms with van der Waals surface area (Å²) in [5, 5.41) is 24.4. The first-order valence-electron chi connectivity index (χ1n) is 16.3. The first kappa shape index (κ1) is 40.2. The molecule has 3 aromatic rings. The lowest BCUT2D eigenvalue weighted by Gasteiger charge is -2.32. The summed E-state index contributed by atoms with van der Waals surface area (Å²) in [6.07, 6.45) is 0.871. The number of anilines is 2. The van der Waals surface area contributed by atoms with Crippen LogP contribution in [0.1, 0.15) is 76.4 Å². The number of aromatic nitrogens is 4. The molecule has 0 saturated heterocycles. The highest BCUT2D eigenvalue weighted by Gasteiger charge is 2.32. The number of carboxylic acids is 1. The molecule has 51 heavy (non-hydrogen) atoms. The van der Waals surface area contributed by atoms with Crippen LogP contribution >= 0.6 is 0 Å². The number of aliphatic carboxylic acids is 1. The van der Waals surface area contributed by atoms with Crippen molar-refractivity contribution in [3.05, 3.63) is 61.9 Å². The van der Waals surface area contributed by atoms with Crippen molar-refractivity contribution in [2.75, 3.05) is 24.2 Å². The van der Waals surface area contributed by atoms with E-state index in [0.29, 0.717) is 17.9 Å². The van der Waals surface area contributed by atoms with Crippen LogP contribution in [0.3, 0.4) is 0 Å². The second-order valence-corrected chi connectivity index (χ2v) is 13.1. The number of nitrogens with two attached hydrogens (primary N) is 1. The average molecular weight is 712 g/mol. The molecule has 0 fully saturated rings. The SMILES string of the molecule is CC(N=O)C(C)(C)NOCCNC(C)(C)C(CCC(=O)[C@H](CCC(=O)O)NC(=O)c1ccc(NCc2cnc3nc(N)[nH]c(=O)c3n2)cc1)N=O. The summed E-state index contributed by atoms with van der Waals surface area (Å²) in [5.41, 5.74) is 7.76. The van der Waals surface area contributed by atoms with Gasteiger partial charge in [0.25, 0.3) is 11.5 Å². The van der Waals surface area contributed by atoms with Gasteiger partial charge in [0.15, 0.2) is 16.9 Å². The van der Waals surface area contributed by atoms with Crippen molar-refractivity contribution in [1.29, 1.82) is 0 Å². The van der Waals surface area contributed by atoms with Gasteiger partial charge in [-0.05, 0) is 71.7 Å². The van der Waals surface area contributed by atoms with E-state index in [1.165, 1.54) is 18.3 Å². The number of hydrogen-bond acceptors (Lipinski definition) is 16. The van der Waals surface area contributed by atoms with E-state index in [0.717, 1.165) is 0 Å². The molecular weight excluding hydrogens is 666 g/mol. The van der Waals surface area contributed by atoms with Crippen molar-refractivity contribution < 1.29 is 24.3 Å². The topological polar surface area (TPSA) is 285 Å². The van der Waals surface area contributed by atoms with Gasteiger partial charge in [-0.25, -0.2) is 9.97 Å². The van der Waals surface area contributed by atoms with Crippen LogP contribution in [-0.2, 0) is 21.0 Å². The number of carbonyl (C=O) groups is 3. The Labute approximate surface area is 293 Å². The number of carboxylic acid groups (broad SMARTS) is 1. The van der Waals surface area contributed by atoms with Crippen LogP contribution in [0.2, 0.25) is 0 Å². The molecule has 19 nitrogen and oxygen atoms in total. The molecule has 2 aromatic heterocycles. The van der Waals surface area contributed by atoms with Gasteiger partial charge >= 0.3 is 5.97 Å². The van der Waals surface area contributed by atoms with Crippen LogP contribution in [0, 0.1) is 9.81 Å². The smallest absolute Gasteiger partial charge is 0.303 e. The number of nitrogens with zero attached hydrogens (tertiary/aromatic N) is 5. The van der Waals surface area contributed by atoms with Crippen molar-refractivity contribution >= 4 is 40.5 Å². The van der Waals surface area contributed by atoms with Crippen LogP contribution in [0.15, 0.2) is 45.6 Å². The molecule has 0 spiro atoms. The number of aromatic amines is 1. The van der Waals surface area contributed by atoms with Crippen molar-refractivity contribution in [2.24, 2.45) is 10.4 Å². The molecule has 19 heteroatoms. The quantitative estimate of drug-likeness (QED) is 0.0447. The van der Waals surface area contributed by atoms with E-state index < -0.39 is 52.4 Å². The molecule has 276 valence electrons.